The van der Waals surface area contributed by atoms with Crippen molar-refractivity contribution in [1.82, 2.24) is 0 Å². The van der Waals surface area contributed by atoms with E-state index in [9.17, 15) is 4.79 Å². The largest absolute Gasteiger partial charge is 0.303 e. The van der Waals surface area contributed by atoms with Crippen molar-refractivity contribution in [2.45, 2.75) is 153 Å². The summed E-state index contributed by atoms with van der Waals surface area (Å²) in [5.41, 5.74) is 3.41. The average molecular weight is 581 g/mol. The van der Waals surface area contributed by atoms with E-state index in [1.165, 1.54) is 76.9 Å². The Balaban J connectivity index is 1.77. The highest BCUT2D eigenvalue weighted by Gasteiger charge is 2.36. The summed E-state index contributed by atoms with van der Waals surface area (Å²) in [6.45, 7) is 24.4. The van der Waals surface area contributed by atoms with E-state index < -0.39 is 0 Å². The van der Waals surface area contributed by atoms with Crippen LogP contribution in [0.15, 0.2) is 23.3 Å². The third-order valence-electron chi connectivity index (χ3n) is 12.7. The summed E-state index contributed by atoms with van der Waals surface area (Å²) in [6.07, 6.45) is 23.5. The molecule has 0 heterocycles. The molecule has 0 aromatic rings. The fraction of sp³-hybridized carbons (Fsp3) is 0.878. The van der Waals surface area contributed by atoms with Gasteiger partial charge in [-0.2, -0.15) is 0 Å². The van der Waals surface area contributed by atoms with E-state index >= 15 is 0 Å². The number of aldehydes is 1. The van der Waals surface area contributed by atoms with Crippen molar-refractivity contribution in [2.75, 3.05) is 0 Å². The van der Waals surface area contributed by atoms with Crippen LogP contribution < -0.4 is 0 Å². The van der Waals surface area contributed by atoms with Gasteiger partial charge in [-0.25, -0.2) is 0 Å². The van der Waals surface area contributed by atoms with E-state index in [0.29, 0.717) is 11.8 Å². The molecule has 0 N–H and O–H groups in total. The molecule has 0 saturated heterocycles. The molecule has 1 heteroatoms. The van der Waals surface area contributed by atoms with Gasteiger partial charge in [0.2, 0.25) is 0 Å². The maximum absolute atomic E-state index is 12.5. The molecule has 3 aliphatic carbocycles. The molecule has 0 radical (unpaired) electrons. The van der Waals surface area contributed by atoms with Gasteiger partial charge in [0.25, 0.3) is 0 Å². The first-order valence-corrected chi connectivity index (χ1v) is 18.7. The van der Waals surface area contributed by atoms with Crippen molar-refractivity contribution in [1.29, 1.82) is 0 Å². The molecule has 3 saturated carbocycles. The van der Waals surface area contributed by atoms with Crippen LogP contribution in [0.25, 0.3) is 0 Å². The molecule has 3 aliphatic rings. The quantitative estimate of drug-likeness (QED) is 0.156. The Morgan fingerprint density at radius 1 is 0.619 bits per heavy atom. The second-order valence-electron chi connectivity index (χ2n) is 17.0. The van der Waals surface area contributed by atoms with Gasteiger partial charge in [0.05, 0.1) is 0 Å². The lowest BCUT2D eigenvalue weighted by atomic mass is 9.64. The number of carbonyl (C=O) groups excluding carboxylic acids is 1. The first kappa shape index (κ1) is 35.6. The molecular formula is C41H72O. The van der Waals surface area contributed by atoms with Crippen LogP contribution >= 0.6 is 0 Å². The molecule has 0 aromatic heterocycles. The Morgan fingerprint density at radius 3 is 1.67 bits per heavy atom. The van der Waals surface area contributed by atoms with E-state index in [4.69, 9.17) is 0 Å². The summed E-state index contributed by atoms with van der Waals surface area (Å²) in [6, 6.07) is 0. The van der Waals surface area contributed by atoms with E-state index in [2.05, 4.69) is 81.4 Å². The fourth-order valence-electron chi connectivity index (χ4n) is 10.0. The van der Waals surface area contributed by atoms with Crippen molar-refractivity contribution >= 4 is 6.29 Å². The normalized spacial score (nSPS) is 36.1. The van der Waals surface area contributed by atoms with Gasteiger partial charge in [-0.3, -0.25) is 0 Å². The molecular weight excluding hydrogens is 508 g/mol. The summed E-state index contributed by atoms with van der Waals surface area (Å²) < 4.78 is 0. The second-order valence-corrected chi connectivity index (χ2v) is 17.0. The van der Waals surface area contributed by atoms with Crippen LogP contribution in [0.5, 0.6) is 0 Å². The van der Waals surface area contributed by atoms with E-state index in [1.807, 2.05) is 0 Å². The predicted octanol–water partition coefficient (Wildman–Crippen LogP) is 12.4. The first-order valence-electron chi connectivity index (χ1n) is 18.7. The van der Waals surface area contributed by atoms with Gasteiger partial charge in [0, 0.05) is 5.92 Å². The van der Waals surface area contributed by atoms with Crippen LogP contribution in [0.3, 0.4) is 0 Å². The zero-order chi connectivity index (χ0) is 31.0. The van der Waals surface area contributed by atoms with Crippen LogP contribution in [0, 0.1) is 76.9 Å². The Bertz CT molecular complexity index is 860. The van der Waals surface area contributed by atoms with Gasteiger partial charge in [-0.05, 0) is 142 Å². The minimum atomic E-state index is 0.229. The van der Waals surface area contributed by atoms with Gasteiger partial charge in [0.15, 0.2) is 0 Å². The van der Waals surface area contributed by atoms with Gasteiger partial charge < -0.3 is 4.79 Å². The van der Waals surface area contributed by atoms with Crippen molar-refractivity contribution in [3.05, 3.63) is 23.3 Å². The Hall–Kier alpha value is -0.850. The zero-order valence-electron chi connectivity index (χ0n) is 29.8. The Kier molecular flexibility index (Phi) is 14.4. The van der Waals surface area contributed by atoms with Crippen molar-refractivity contribution in [3.8, 4) is 0 Å². The third kappa shape index (κ3) is 9.83. The van der Waals surface area contributed by atoms with E-state index in [-0.39, 0.29) is 5.92 Å². The molecule has 42 heavy (non-hydrogen) atoms. The van der Waals surface area contributed by atoms with Crippen LogP contribution in [-0.2, 0) is 4.79 Å². The SMILES string of the molecule is CC(=CCCC(=CCCC(C=O)C1CC(C)CCC1C(C)C)C1CC(C)CCC1C(C)C)C1CC(C)CCC1C(C)C. The minimum absolute atomic E-state index is 0.229. The van der Waals surface area contributed by atoms with E-state index in [1.54, 1.807) is 11.1 Å². The van der Waals surface area contributed by atoms with Crippen molar-refractivity contribution in [3.63, 3.8) is 0 Å². The molecule has 0 amide bonds. The molecule has 1 nitrogen and oxygen atoms in total. The van der Waals surface area contributed by atoms with Crippen LogP contribution in [-0.4, -0.2) is 6.29 Å². The fourth-order valence-corrected chi connectivity index (χ4v) is 10.0. The van der Waals surface area contributed by atoms with Crippen LogP contribution in [0.2, 0.25) is 0 Å². The van der Waals surface area contributed by atoms with Crippen molar-refractivity contribution < 1.29 is 4.79 Å². The van der Waals surface area contributed by atoms with Crippen LogP contribution in [0.1, 0.15) is 153 Å². The monoisotopic (exact) mass is 581 g/mol. The van der Waals surface area contributed by atoms with Crippen LogP contribution in [0.4, 0.5) is 0 Å². The zero-order valence-corrected chi connectivity index (χ0v) is 29.8. The van der Waals surface area contributed by atoms with Gasteiger partial charge >= 0.3 is 0 Å². The van der Waals surface area contributed by atoms with E-state index in [0.717, 1.165) is 72.0 Å². The first-order chi connectivity index (χ1) is 19.9. The molecule has 0 bridgehead atoms. The summed E-state index contributed by atoms with van der Waals surface area (Å²) in [4.78, 5) is 12.5. The third-order valence-corrected chi connectivity index (χ3v) is 12.7. The topological polar surface area (TPSA) is 17.1 Å². The highest BCUT2D eigenvalue weighted by Crippen LogP contribution is 2.46. The molecule has 3 fully saturated rings. The second kappa shape index (κ2) is 17.0. The lowest BCUT2D eigenvalue weighted by Crippen LogP contribution is -2.33. The van der Waals surface area contributed by atoms with Crippen molar-refractivity contribution in [2.24, 2.45) is 76.9 Å². The number of allylic oxidation sites excluding steroid dienone is 4. The van der Waals surface area contributed by atoms with Gasteiger partial charge in [-0.15, -0.1) is 0 Å². The number of hydrogen-bond acceptors (Lipinski definition) is 1. The molecule has 0 spiro atoms. The lowest BCUT2D eigenvalue weighted by molar-refractivity contribution is -0.114. The highest BCUT2D eigenvalue weighted by molar-refractivity contribution is 5.54. The van der Waals surface area contributed by atoms with Gasteiger partial charge in [-0.1, -0.05) is 105 Å². The summed E-state index contributed by atoms with van der Waals surface area (Å²) in [7, 11) is 0. The smallest absolute Gasteiger partial charge is 0.123 e. The lowest BCUT2D eigenvalue weighted by Gasteiger charge is -2.40. The molecule has 10 atom stereocenters. The molecule has 0 aromatic carbocycles. The molecule has 10 unspecified atom stereocenters. The van der Waals surface area contributed by atoms with Gasteiger partial charge in [0.1, 0.15) is 6.29 Å². The number of rotatable bonds is 13. The molecule has 242 valence electrons. The maximum atomic E-state index is 12.5. The minimum Gasteiger partial charge on any atom is -0.303 e. The number of carbonyl (C=O) groups is 1. The predicted molar refractivity (Wildman–Crippen MR) is 184 cm³/mol. The summed E-state index contributed by atoms with van der Waals surface area (Å²) in [5, 5.41) is 0. The average Bonchev–Trinajstić information content (AvgIpc) is 2.93. The molecule has 3 rings (SSSR count). The standard InChI is InChI=1S/C41H72O/c1-27(2)36-20-17-30(7)23-39(36)33(10)13-11-14-34(40-24-31(8)18-21-37(40)28(3)4)15-12-16-35(26-42)41-25-32(9)19-22-38(41)29(5)6/h13,15,26-32,35-41H,11-12,14,16-25H2,1-10H3. The number of hydrogen-bond donors (Lipinski definition) is 0. The Morgan fingerprint density at radius 2 is 1.12 bits per heavy atom. The molecule has 0 aliphatic heterocycles. The maximum Gasteiger partial charge on any atom is 0.123 e. The summed E-state index contributed by atoms with van der Waals surface area (Å²) >= 11 is 0. The highest BCUT2D eigenvalue weighted by atomic mass is 16.1. The Labute approximate surface area is 263 Å². The summed E-state index contributed by atoms with van der Waals surface area (Å²) in [5.74, 6) is 9.39.